The first kappa shape index (κ1) is 21.9. The number of hydrogen-bond donors (Lipinski definition) is 3. The van der Waals surface area contributed by atoms with Gasteiger partial charge in [-0.2, -0.15) is 0 Å². The fourth-order valence-corrected chi connectivity index (χ4v) is 2.91. The molecule has 0 unspecified atom stereocenters. The van der Waals surface area contributed by atoms with Crippen molar-refractivity contribution in [3.05, 3.63) is 59.7 Å². The lowest BCUT2D eigenvalue weighted by Crippen LogP contribution is -2.38. The largest absolute Gasteiger partial charge is 0.481 e. The van der Waals surface area contributed by atoms with E-state index in [-0.39, 0.29) is 29.8 Å². The molecule has 3 N–H and O–H groups in total. The van der Waals surface area contributed by atoms with E-state index in [4.69, 9.17) is 4.74 Å². The minimum Gasteiger partial charge on any atom is -0.481 e. The maximum absolute atomic E-state index is 13.5. The Labute approximate surface area is 181 Å². The minimum atomic E-state index is -0.225. The molecule has 0 saturated carbocycles. The Bertz CT molecular complexity index is 928. The smallest absolute Gasteiger partial charge is 0.218 e. The Morgan fingerprint density at radius 1 is 1.25 bits per heavy atom. The number of guanidine groups is 1. The molecule has 0 aliphatic heterocycles. The van der Waals surface area contributed by atoms with Crippen LogP contribution >= 0.6 is 24.0 Å². The first-order valence-electron chi connectivity index (χ1n) is 8.97. The van der Waals surface area contributed by atoms with Crippen LogP contribution in [0.5, 0.6) is 5.88 Å². The standard InChI is InChI=1S/C20H24FN5O.HI/c1-3-22-20(26-13-15-5-4-9-23-19(15)27-2)24-10-8-14-12-25-18-7-6-16(21)11-17(14)18;/h4-7,9,11-12,25H,3,8,10,13H2,1-2H3,(H2,22,24,26);1H. The van der Waals surface area contributed by atoms with Crippen molar-refractivity contribution in [2.75, 3.05) is 20.2 Å². The van der Waals surface area contributed by atoms with Crippen molar-refractivity contribution in [3.63, 3.8) is 0 Å². The van der Waals surface area contributed by atoms with Crippen molar-refractivity contribution in [2.45, 2.75) is 19.9 Å². The third-order valence-electron chi connectivity index (χ3n) is 4.21. The fourth-order valence-electron chi connectivity index (χ4n) is 2.91. The van der Waals surface area contributed by atoms with Crippen LogP contribution in [0.25, 0.3) is 10.9 Å². The molecule has 6 nitrogen and oxygen atoms in total. The number of hydrogen-bond acceptors (Lipinski definition) is 3. The molecule has 0 aliphatic carbocycles. The van der Waals surface area contributed by atoms with Crippen LogP contribution in [-0.4, -0.2) is 36.1 Å². The molecular weight excluding hydrogens is 472 g/mol. The number of ether oxygens (including phenoxy) is 1. The Morgan fingerprint density at radius 2 is 2.11 bits per heavy atom. The molecule has 3 aromatic rings. The first-order chi connectivity index (χ1) is 13.2. The van der Waals surface area contributed by atoms with Crippen molar-refractivity contribution in [1.82, 2.24) is 20.6 Å². The van der Waals surface area contributed by atoms with Gasteiger partial charge in [-0.3, -0.25) is 0 Å². The highest BCUT2D eigenvalue weighted by molar-refractivity contribution is 14.0. The van der Waals surface area contributed by atoms with Crippen LogP contribution in [0.3, 0.4) is 0 Å². The summed E-state index contributed by atoms with van der Waals surface area (Å²) in [5, 5.41) is 7.46. The summed E-state index contributed by atoms with van der Waals surface area (Å²) >= 11 is 0. The third-order valence-corrected chi connectivity index (χ3v) is 4.21. The van der Waals surface area contributed by atoms with Gasteiger partial charge in [0.1, 0.15) is 5.82 Å². The van der Waals surface area contributed by atoms with E-state index in [9.17, 15) is 4.39 Å². The van der Waals surface area contributed by atoms with Crippen molar-refractivity contribution in [2.24, 2.45) is 4.99 Å². The summed E-state index contributed by atoms with van der Waals surface area (Å²) < 4.78 is 18.8. The lowest BCUT2D eigenvalue weighted by atomic mass is 10.1. The van der Waals surface area contributed by atoms with Crippen LogP contribution in [0, 0.1) is 5.82 Å². The topological polar surface area (TPSA) is 74.3 Å². The van der Waals surface area contributed by atoms with Gasteiger partial charge in [0, 0.05) is 41.9 Å². The van der Waals surface area contributed by atoms with Crippen LogP contribution in [0.2, 0.25) is 0 Å². The van der Waals surface area contributed by atoms with Crippen molar-refractivity contribution in [3.8, 4) is 5.88 Å². The molecule has 3 rings (SSSR count). The molecule has 0 aliphatic rings. The molecule has 0 fully saturated rings. The molecule has 8 heteroatoms. The number of fused-ring (bicyclic) bond motifs is 1. The van der Waals surface area contributed by atoms with E-state index in [1.54, 1.807) is 25.4 Å². The van der Waals surface area contributed by atoms with Crippen molar-refractivity contribution in [1.29, 1.82) is 0 Å². The average molecular weight is 497 g/mol. The highest BCUT2D eigenvalue weighted by Crippen LogP contribution is 2.19. The van der Waals surface area contributed by atoms with E-state index in [0.29, 0.717) is 19.0 Å². The van der Waals surface area contributed by atoms with E-state index in [0.717, 1.165) is 41.0 Å². The molecule has 0 amide bonds. The van der Waals surface area contributed by atoms with Gasteiger partial charge in [-0.1, -0.05) is 6.07 Å². The monoisotopic (exact) mass is 497 g/mol. The summed E-state index contributed by atoms with van der Waals surface area (Å²) in [6.07, 6.45) is 4.37. The van der Waals surface area contributed by atoms with E-state index in [2.05, 4.69) is 25.6 Å². The summed E-state index contributed by atoms with van der Waals surface area (Å²) in [5.41, 5.74) is 2.93. The Kier molecular flexibility index (Phi) is 8.49. The lowest BCUT2D eigenvalue weighted by molar-refractivity contribution is 0.392. The van der Waals surface area contributed by atoms with E-state index in [1.807, 2.05) is 25.3 Å². The Balaban J connectivity index is 0.00000280. The maximum atomic E-state index is 13.5. The second-order valence-electron chi connectivity index (χ2n) is 6.05. The van der Waals surface area contributed by atoms with Crippen molar-refractivity contribution < 1.29 is 9.13 Å². The number of methoxy groups -OCH3 is 1. The number of rotatable bonds is 7. The minimum absolute atomic E-state index is 0. The van der Waals surface area contributed by atoms with Gasteiger partial charge in [-0.25, -0.2) is 14.4 Å². The number of H-pyrrole nitrogens is 1. The number of nitrogens with one attached hydrogen (secondary N) is 3. The SMILES string of the molecule is CCNC(=NCc1cccnc1OC)NCCc1c[nH]c2ccc(F)cc12.I. The number of pyridine rings is 1. The van der Waals surface area contributed by atoms with Gasteiger partial charge < -0.3 is 20.4 Å². The number of benzene rings is 1. The number of nitrogens with zero attached hydrogens (tertiary/aromatic N) is 2. The number of aromatic amines is 1. The summed E-state index contributed by atoms with van der Waals surface area (Å²) in [5.74, 6) is 1.07. The maximum Gasteiger partial charge on any atom is 0.218 e. The molecule has 150 valence electrons. The summed E-state index contributed by atoms with van der Waals surface area (Å²) in [6.45, 7) is 3.92. The lowest BCUT2D eigenvalue weighted by Gasteiger charge is -2.11. The van der Waals surface area contributed by atoms with Crippen LogP contribution in [-0.2, 0) is 13.0 Å². The highest BCUT2D eigenvalue weighted by Gasteiger charge is 2.06. The third kappa shape index (κ3) is 5.57. The second kappa shape index (κ2) is 10.8. The molecule has 0 saturated heterocycles. The number of aliphatic imine (C=N–C) groups is 1. The fraction of sp³-hybridized carbons (Fsp3) is 0.300. The summed E-state index contributed by atoms with van der Waals surface area (Å²) in [6, 6.07) is 8.59. The zero-order valence-electron chi connectivity index (χ0n) is 16.0. The van der Waals surface area contributed by atoms with Crippen LogP contribution < -0.4 is 15.4 Å². The molecular formula is C20H25FIN5O. The van der Waals surface area contributed by atoms with E-state index < -0.39 is 0 Å². The predicted molar refractivity (Wildman–Crippen MR) is 121 cm³/mol. The molecule has 0 atom stereocenters. The first-order valence-corrected chi connectivity index (χ1v) is 8.97. The van der Waals surface area contributed by atoms with Gasteiger partial charge in [-0.05, 0) is 43.2 Å². The van der Waals surface area contributed by atoms with Gasteiger partial charge in [-0.15, -0.1) is 24.0 Å². The Morgan fingerprint density at radius 3 is 2.89 bits per heavy atom. The molecule has 0 bridgehead atoms. The van der Waals surface area contributed by atoms with Crippen LogP contribution in [0.1, 0.15) is 18.1 Å². The molecule has 28 heavy (non-hydrogen) atoms. The zero-order chi connectivity index (χ0) is 19.1. The quantitative estimate of drug-likeness (QED) is 0.265. The van der Waals surface area contributed by atoms with Gasteiger partial charge in [0.05, 0.1) is 13.7 Å². The normalized spacial score (nSPS) is 11.2. The van der Waals surface area contributed by atoms with Gasteiger partial charge in [0.15, 0.2) is 5.96 Å². The molecule has 1 aromatic carbocycles. The van der Waals surface area contributed by atoms with E-state index >= 15 is 0 Å². The molecule has 2 heterocycles. The van der Waals surface area contributed by atoms with Gasteiger partial charge in [0.2, 0.25) is 5.88 Å². The molecule has 0 spiro atoms. The second-order valence-corrected chi connectivity index (χ2v) is 6.05. The molecule has 0 radical (unpaired) electrons. The predicted octanol–water partition coefficient (Wildman–Crippen LogP) is 3.63. The zero-order valence-corrected chi connectivity index (χ0v) is 18.3. The number of halogens is 2. The summed E-state index contributed by atoms with van der Waals surface area (Å²) in [7, 11) is 1.60. The van der Waals surface area contributed by atoms with E-state index in [1.165, 1.54) is 6.07 Å². The van der Waals surface area contributed by atoms with Crippen LogP contribution in [0.15, 0.2) is 47.7 Å². The van der Waals surface area contributed by atoms with Gasteiger partial charge >= 0.3 is 0 Å². The molecule has 2 aromatic heterocycles. The average Bonchev–Trinajstić information content (AvgIpc) is 3.08. The van der Waals surface area contributed by atoms with Crippen LogP contribution in [0.4, 0.5) is 4.39 Å². The number of aromatic nitrogens is 2. The highest BCUT2D eigenvalue weighted by atomic mass is 127. The Hall–Kier alpha value is -2.36. The van der Waals surface area contributed by atoms with Crippen molar-refractivity contribution >= 4 is 40.8 Å². The van der Waals surface area contributed by atoms with Gasteiger partial charge in [0.25, 0.3) is 0 Å². The summed E-state index contributed by atoms with van der Waals surface area (Å²) in [4.78, 5) is 12.0.